The fourth-order valence-electron chi connectivity index (χ4n) is 6.46. The Hall–Kier alpha value is -4.72. The highest BCUT2D eigenvalue weighted by molar-refractivity contribution is 5.96. The van der Waals surface area contributed by atoms with Gasteiger partial charge in [0.05, 0.1) is 23.9 Å². The number of H-pyrrole nitrogens is 1. The van der Waals surface area contributed by atoms with E-state index < -0.39 is 0 Å². The van der Waals surface area contributed by atoms with Gasteiger partial charge in [-0.3, -0.25) is 14.7 Å². The van der Waals surface area contributed by atoms with Crippen LogP contribution in [-0.2, 0) is 29.0 Å². The third-order valence-electron chi connectivity index (χ3n) is 9.06. The largest absolute Gasteiger partial charge is 0.465 e. The highest BCUT2D eigenvalue weighted by Crippen LogP contribution is 2.47. The van der Waals surface area contributed by atoms with Crippen molar-refractivity contribution >= 4 is 17.8 Å². The molecule has 3 aromatic carbocycles. The monoisotopic (exact) mass is 574 g/mol. The molecule has 2 N–H and O–H groups in total. The molecule has 2 aliphatic carbocycles. The lowest BCUT2D eigenvalue weighted by atomic mass is 9.87. The first-order valence-corrected chi connectivity index (χ1v) is 15.0. The molecule has 0 spiro atoms. The number of amides is 2. The number of benzene rings is 3. The van der Waals surface area contributed by atoms with Gasteiger partial charge in [-0.1, -0.05) is 54.6 Å². The Morgan fingerprint density at radius 3 is 2.65 bits per heavy atom. The smallest absolute Gasteiger partial charge is 0.337 e. The molecule has 1 aliphatic heterocycles. The van der Waals surface area contributed by atoms with Crippen molar-refractivity contribution in [1.82, 2.24) is 20.4 Å². The van der Waals surface area contributed by atoms with Crippen LogP contribution in [0.15, 0.2) is 72.9 Å². The maximum atomic E-state index is 13.7. The molecular formula is C35H34N4O4. The molecular weight excluding hydrogens is 540 g/mol. The highest BCUT2D eigenvalue weighted by Gasteiger charge is 2.43. The van der Waals surface area contributed by atoms with E-state index in [2.05, 4.69) is 33.7 Å². The Labute approximate surface area is 250 Å². The van der Waals surface area contributed by atoms with E-state index in [1.54, 1.807) is 12.3 Å². The average Bonchev–Trinajstić information content (AvgIpc) is 4.00. The van der Waals surface area contributed by atoms with Gasteiger partial charge >= 0.3 is 5.97 Å². The van der Waals surface area contributed by atoms with E-state index in [1.165, 1.54) is 12.7 Å². The van der Waals surface area contributed by atoms with Gasteiger partial charge in [-0.15, -0.1) is 0 Å². The summed E-state index contributed by atoms with van der Waals surface area (Å²) in [5.74, 6) is 0.282. The van der Waals surface area contributed by atoms with Gasteiger partial charge < -0.3 is 15.0 Å². The molecule has 8 nitrogen and oxygen atoms in total. The van der Waals surface area contributed by atoms with E-state index in [4.69, 9.17) is 4.74 Å². The summed E-state index contributed by atoms with van der Waals surface area (Å²) >= 11 is 0. The van der Waals surface area contributed by atoms with Gasteiger partial charge in [0, 0.05) is 37.7 Å². The second kappa shape index (κ2) is 11.2. The predicted molar refractivity (Wildman–Crippen MR) is 161 cm³/mol. The molecule has 0 saturated heterocycles. The maximum absolute atomic E-state index is 13.7. The van der Waals surface area contributed by atoms with Crippen LogP contribution in [0.1, 0.15) is 79.8 Å². The quantitative estimate of drug-likeness (QED) is 0.276. The van der Waals surface area contributed by atoms with Gasteiger partial charge in [0.15, 0.2) is 0 Å². The second-order valence-corrected chi connectivity index (χ2v) is 11.8. The van der Waals surface area contributed by atoms with Crippen LogP contribution < -0.4 is 5.32 Å². The maximum Gasteiger partial charge on any atom is 0.337 e. The molecule has 7 rings (SSSR count). The molecule has 0 bridgehead atoms. The summed E-state index contributed by atoms with van der Waals surface area (Å²) in [6.07, 6.45) is 5.38. The Kier molecular flexibility index (Phi) is 7.05. The lowest BCUT2D eigenvalue weighted by molar-refractivity contribution is -0.122. The molecule has 1 aromatic heterocycles. The molecule has 2 heterocycles. The number of hydrogen-bond donors (Lipinski definition) is 2. The third-order valence-corrected chi connectivity index (χ3v) is 9.06. The predicted octanol–water partition coefficient (Wildman–Crippen LogP) is 5.36. The summed E-state index contributed by atoms with van der Waals surface area (Å²) in [5, 5.41) is 10.5. The van der Waals surface area contributed by atoms with Crippen molar-refractivity contribution in [2.24, 2.45) is 5.92 Å². The van der Waals surface area contributed by atoms with Crippen LogP contribution in [0.2, 0.25) is 0 Å². The molecule has 2 atom stereocenters. The molecule has 218 valence electrons. The number of carbonyl (C=O) groups excluding carboxylic acids is 3. The van der Waals surface area contributed by atoms with Crippen LogP contribution in [0, 0.1) is 5.92 Å². The number of hydrogen-bond acceptors (Lipinski definition) is 5. The zero-order valence-corrected chi connectivity index (χ0v) is 24.1. The van der Waals surface area contributed by atoms with Crippen LogP contribution >= 0.6 is 0 Å². The molecule has 2 amide bonds. The van der Waals surface area contributed by atoms with Crippen molar-refractivity contribution in [3.8, 4) is 11.1 Å². The first-order chi connectivity index (χ1) is 21.0. The summed E-state index contributed by atoms with van der Waals surface area (Å²) in [6, 6.07) is 21.8. The number of nitrogens with zero attached hydrogens (tertiary/aromatic N) is 2. The number of methoxy groups -OCH3 is 1. The Balaban J connectivity index is 1.17. The van der Waals surface area contributed by atoms with E-state index in [9.17, 15) is 14.4 Å². The molecule has 2 fully saturated rings. The molecule has 43 heavy (non-hydrogen) atoms. The fourth-order valence-corrected chi connectivity index (χ4v) is 6.46. The van der Waals surface area contributed by atoms with Gasteiger partial charge in [0.2, 0.25) is 5.91 Å². The number of carbonyl (C=O) groups is 3. The molecule has 0 radical (unpaired) electrons. The van der Waals surface area contributed by atoms with E-state index in [-0.39, 0.29) is 29.6 Å². The Morgan fingerprint density at radius 1 is 1.02 bits per heavy atom. The summed E-state index contributed by atoms with van der Waals surface area (Å²) in [4.78, 5) is 41.0. The number of esters is 1. The van der Waals surface area contributed by atoms with E-state index >= 15 is 0 Å². The first-order valence-electron chi connectivity index (χ1n) is 15.0. The minimum Gasteiger partial charge on any atom is -0.465 e. The van der Waals surface area contributed by atoms with Gasteiger partial charge in [0.1, 0.15) is 0 Å². The van der Waals surface area contributed by atoms with Crippen LogP contribution in [0.25, 0.3) is 11.1 Å². The molecule has 4 aromatic rings. The minimum absolute atomic E-state index is 0.0152. The lowest BCUT2D eigenvalue weighted by Crippen LogP contribution is -2.37. The van der Waals surface area contributed by atoms with E-state index in [0.29, 0.717) is 43.1 Å². The number of aromatic nitrogens is 2. The topological polar surface area (TPSA) is 104 Å². The zero-order valence-electron chi connectivity index (χ0n) is 24.1. The zero-order chi connectivity index (χ0) is 29.5. The standard InChI is InChI=1S/C35H34N4O4/c1-43-35(42)24-9-5-8-23(16-24)26-13-12-25(18-36-33(40)29-17-28(29)21-6-3-2-4-7-21)31-20-39(15-14-27(26)31)34(41)30-19-37-38-32(30)22-10-11-22/h2-9,12-13,16,19,22,28-29H,10-11,14-15,17-18,20H2,1H3,(H,36,40)(H,37,38)/t28-,29+/m0/s1. The normalized spacial score (nSPS) is 19.0. The van der Waals surface area contributed by atoms with Crippen molar-refractivity contribution < 1.29 is 19.1 Å². The van der Waals surface area contributed by atoms with Crippen molar-refractivity contribution in [2.45, 2.75) is 50.6 Å². The van der Waals surface area contributed by atoms with Crippen LogP contribution in [0.4, 0.5) is 0 Å². The molecule has 0 unspecified atom stereocenters. The van der Waals surface area contributed by atoms with Crippen LogP contribution in [0.3, 0.4) is 0 Å². The van der Waals surface area contributed by atoms with Crippen LogP contribution in [-0.4, -0.2) is 46.5 Å². The summed E-state index contributed by atoms with van der Waals surface area (Å²) < 4.78 is 4.95. The van der Waals surface area contributed by atoms with Crippen LogP contribution in [0.5, 0.6) is 0 Å². The van der Waals surface area contributed by atoms with Crippen molar-refractivity contribution in [2.75, 3.05) is 13.7 Å². The first kappa shape index (κ1) is 27.1. The summed E-state index contributed by atoms with van der Waals surface area (Å²) in [5.41, 5.74) is 8.35. The van der Waals surface area contributed by atoms with Gasteiger partial charge in [-0.2, -0.15) is 5.10 Å². The highest BCUT2D eigenvalue weighted by atomic mass is 16.5. The second-order valence-electron chi connectivity index (χ2n) is 11.8. The SMILES string of the molecule is COC(=O)c1cccc(-c2ccc(CNC(=O)[C@@H]3C[C@H]3c3ccccc3)c3c2CCN(C(=O)c2c[nH]nc2C2CC2)C3)c1. The molecule has 2 saturated carbocycles. The van der Waals surface area contributed by atoms with Crippen molar-refractivity contribution in [3.05, 3.63) is 112 Å². The number of nitrogens with one attached hydrogen (secondary N) is 2. The van der Waals surface area contributed by atoms with Crippen molar-refractivity contribution in [1.29, 1.82) is 0 Å². The van der Waals surface area contributed by atoms with Gasteiger partial charge in [-0.25, -0.2) is 4.79 Å². The number of rotatable bonds is 8. The molecule has 3 aliphatic rings. The van der Waals surface area contributed by atoms with Gasteiger partial charge in [-0.05, 0) is 77.1 Å². The Morgan fingerprint density at radius 2 is 1.86 bits per heavy atom. The average molecular weight is 575 g/mol. The summed E-state index contributed by atoms with van der Waals surface area (Å²) in [6.45, 7) is 1.40. The third kappa shape index (κ3) is 5.33. The number of ether oxygens (including phenoxy) is 1. The minimum atomic E-state index is -0.382. The van der Waals surface area contributed by atoms with Crippen molar-refractivity contribution in [3.63, 3.8) is 0 Å². The lowest BCUT2D eigenvalue weighted by Gasteiger charge is -2.32. The Bertz CT molecular complexity index is 1710. The fraction of sp³-hybridized carbons (Fsp3) is 0.314. The number of aromatic amines is 1. The van der Waals surface area contributed by atoms with E-state index in [0.717, 1.165) is 52.8 Å². The number of fused-ring (bicyclic) bond motifs is 1. The molecule has 8 heteroatoms. The van der Waals surface area contributed by atoms with Gasteiger partial charge in [0.25, 0.3) is 5.91 Å². The van der Waals surface area contributed by atoms with E-state index in [1.807, 2.05) is 47.4 Å². The summed E-state index contributed by atoms with van der Waals surface area (Å²) in [7, 11) is 1.38.